The van der Waals surface area contributed by atoms with Gasteiger partial charge in [-0.1, -0.05) is 0 Å². The summed E-state index contributed by atoms with van der Waals surface area (Å²) in [6.07, 6.45) is 3.37. The Morgan fingerprint density at radius 1 is 1.46 bits per heavy atom. The third-order valence-electron chi connectivity index (χ3n) is 3.03. The number of nitrogens with zero attached hydrogens (tertiary/aromatic N) is 1. The smallest absolute Gasteiger partial charge is 0.225 e. The highest BCUT2D eigenvalue weighted by Crippen LogP contribution is 2.32. The number of hydrogen-bond acceptors (Lipinski definition) is 2. The molecular weight excluding hydrogens is 164 g/mol. The summed E-state index contributed by atoms with van der Waals surface area (Å²) < 4.78 is 0. The van der Waals surface area contributed by atoms with E-state index in [0.29, 0.717) is 17.9 Å². The van der Waals surface area contributed by atoms with Gasteiger partial charge in [0.2, 0.25) is 5.91 Å². The first-order chi connectivity index (χ1) is 6.33. The molecule has 13 heavy (non-hydrogen) atoms. The molecule has 1 amide bonds. The van der Waals surface area contributed by atoms with Gasteiger partial charge in [-0.05, 0) is 32.7 Å². The largest absolute Gasteiger partial charge is 0.338 e. The highest BCUT2D eigenvalue weighted by atomic mass is 16.2. The molecule has 2 fully saturated rings. The van der Waals surface area contributed by atoms with E-state index < -0.39 is 0 Å². The van der Waals surface area contributed by atoms with Crippen molar-refractivity contribution in [1.82, 2.24) is 10.2 Å². The Hall–Kier alpha value is -0.570. The fourth-order valence-electron chi connectivity index (χ4n) is 2.06. The molecule has 3 heteroatoms. The van der Waals surface area contributed by atoms with Gasteiger partial charge in [-0.15, -0.1) is 0 Å². The first-order valence-electron chi connectivity index (χ1n) is 5.34. The second-order valence-electron chi connectivity index (χ2n) is 4.05. The second-order valence-corrected chi connectivity index (χ2v) is 4.05. The molecule has 1 saturated heterocycles. The van der Waals surface area contributed by atoms with Gasteiger partial charge in [0.15, 0.2) is 0 Å². The minimum Gasteiger partial charge on any atom is -0.338 e. The summed E-state index contributed by atoms with van der Waals surface area (Å²) >= 11 is 0. The van der Waals surface area contributed by atoms with Crippen LogP contribution < -0.4 is 5.32 Å². The van der Waals surface area contributed by atoms with Crippen LogP contribution in [0, 0.1) is 5.92 Å². The van der Waals surface area contributed by atoms with E-state index in [1.807, 2.05) is 0 Å². The maximum Gasteiger partial charge on any atom is 0.225 e. The van der Waals surface area contributed by atoms with E-state index >= 15 is 0 Å². The molecule has 0 radical (unpaired) electrons. The summed E-state index contributed by atoms with van der Waals surface area (Å²) in [5.74, 6) is 0.775. The molecule has 0 aromatic heterocycles. The van der Waals surface area contributed by atoms with Crippen molar-refractivity contribution in [3.05, 3.63) is 0 Å². The Balaban J connectivity index is 1.94. The van der Waals surface area contributed by atoms with Crippen LogP contribution in [-0.2, 0) is 4.79 Å². The average molecular weight is 182 g/mol. The van der Waals surface area contributed by atoms with E-state index in [9.17, 15) is 4.79 Å². The zero-order valence-electron chi connectivity index (χ0n) is 8.25. The van der Waals surface area contributed by atoms with E-state index in [0.717, 1.165) is 38.9 Å². The van der Waals surface area contributed by atoms with Gasteiger partial charge in [0.05, 0.1) is 0 Å². The van der Waals surface area contributed by atoms with Crippen molar-refractivity contribution in [2.24, 2.45) is 5.92 Å². The lowest BCUT2D eigenvalue weighted by molar-refractivity contribution is -0.134. The minimum atomic E-state index is 0.376. The molecule has 74 valence electrons. The molecule has 1 heterocycles. The number of likely N-dealkylation sites (N-methyl/N-ethyl adjacent to an activating group) is 1. The number of amides is 1. The quantitative estimate of drug-likeness (QED) is 0.693. The first kappa shape index (κ1) is 9.00. The second kappa shape index (κ2) is 3.66. The predicted molar refractivity (Wildman–Crippen MR) is 51.4 cm³/mol. The van der Waals surface area contributed by atoms with Crippen molar-refractivity contribution in [1.29, 1.82) is 0 Å². The lowest BCUT2D eigenvalue weighted by Crippen LogP contribution is -2.42. The molecule has 1 saturated carbocycles. The standard InChI is InChI=1S/C10H18N2O/c1-2-12(9-5-6-11-7-9)10(13)8-3-4-8/h8-9,11H,2-7H2,1H3. The topological polar surface area (TPSA) is 32.3 Å². The zero-order valence-corrected chi connectivity index (χ0v) is 8.25. The lowest BCUT2D eigenvalue weighted by Gasteiger charge is -2.27. The zero-order chi connectivity index (χ0) is 9.26. The van der Waals surface area contributed by atoms with Crippen LogP contribution in [0.25, 0.3) is 0 Å². The summed E-state index contributed by atoms with van der Waals surface area (Å²) in [4.78, 5) is 13.9. The molecule has 0 bridgehead atoms. The monoisotopic (exact) mass is 182 g/mol. The molecule has 0 aromatic rings. The van der Waals surface area contributed by atoms with Crippen LogP contribution in [0.4, 0.5) is 0 Å². The number of carbonyl (C=O) groups excluding carboxylic acids is 1. The van der Waals surface area contributed by atoms with Gasteiger partial charge in [0.1, 0.15) is 0 Å². The highest BCUT2D eigenvalue weighted by Gasteiger charge is 2.36. The maximum absolute atomic E-state index is 11.8. The molecule has 1 aliphatic heterocycles. The third-order valence-corrected chi connectivity index (χ3v) is 3.03. The summed E-state index contributed by atoms with van der Waals surface area (Å²) in [5, 5.41) is 3.31. The summed E-state index contributed by atoms with van der Waals surface area (Å²) in [5.41, 5.74) is 0. The van der Waals surface area contributed by atoms with Gasteiger partial charge in [-0.3, -0.25) is 4.79 Å². The molecule has 2 aliphatic rings. The third kappa shape index (κ3) is 1.85. The van der Waals surface area contributed by atoms with Crippen molar-refractivity contribution < 1.29 is 4.79 Å². The molecule has 0 aromatic carbocycles. The number of rotatable bonds is 3. The fourth-order valence-corrected chi connectivity index (χ4v) is 2.06. The molecular formula is C10H18N2O. The van der Waals surface area contributed by atoms with Crippen LogP contribution in [-0.4, -0.2) is 36.5 Å². The van der Waals surface area contributed by atoms with E-state index in [1.54, 1.807) is 0 Å². The molecule has 0 spiro atoms. The van der Waals surface area contributed by atoms with Crippen LogP contribution in [0.15, 0.2) is 0 Å². The Morgan fingerprint density at radius 2 is 2.23 bits per heavy atom. The van der Waals surface area contributed by atoms with Crippen LogP contribution >= 0.6 is 0 Å². The molecule has 1 unspecified atom stereocenters. The van der Waals surface area contributed by atoms with Crippen molar-refractivity contribution >= 4 is 5.91 Å². The first-order valence-corrected chi connectivity index (χ1v) is 5.34. The van der Waals surface area contributed by atoms with Gasteiger partial charge >= 0.3 is 0 Å². The summed E-state index contributed by atoms with van der Waals surface area (Å²) in [6, 6.07) is 0.470. The lowest BCUT2D eigenvalue weighted by atomic mass is 10.2. The SMILES string of the molecule is CCN(C(=O)C1CC1)C1CCNC1. The van der Waals surface area contributed by atoms with Gasteiger partial charge in [0.25, 0.3) is 0 Å². The van der Waals surface area contributed by atoms with Gasteiger partial charge in [-0.25, -0.2) is 0 Å². The Labute approximate surface area is 79.5 Å². The van der Waals surface area contributed by atoms with Crippen LogP contribution in [0.1, 0.15) is 26.2 Å². The molecule has 1 N–H and O–H groups in total. The predicted octanol–water partition coefficient (Wildman–Crippen LogP) is 0.607. The van der Waals surface area contributed by atoms with E-state index in [2.05, 4.69) is 17.1 Å². The minimum absolute atomic E-state index is 0.376. The average Bonchev–Trinajstić information content (AvgIpc) is 2.86. The van der Waals surface area contributed by atoms with E-state index in [4.69, 9.17) is 0 Å². The molecule has 1 atom stereocenters. The Kier molecular flexibility index (Phi) is 2.54. The number of hydrogen-bond donors (Lipinski definition) is 1. The van der Waals surface area contributed by atoms with Crippen LogP contribution in [0.5, 0.6) is 0 Å². The van der Waals surface area contributed by atoms with E-state index in [-0.39, 0.29) is 0 Å². The molecule has 1 aliphatic carbocycles. The maximum atomic E-state index is 11.8. The van der Waals surface area contributed by atoms with Crippen molar-refractivity contribution in [3.63, 3.8) is 0 Å². The number of carbonyl (C=O) groups is 1. The van der Waals surface area contributed by atoms with Crippen molar-refractivity contribution in [2.75, 3.05) is 19.6 Å². The number of nitrogens with one attached hydrogen (secondary N) is 1. The van der Waals surface area contributed by atoms with Crippen LogP contribution in [0.2, 0.25) is 0 Å². The van der Waals surface area contributed by atoms with E-state index in [1.165, 1.54) is 0 Å². The molecule has 3 nitrogen and oxygen atoms in total. The summed E-state index contributed by atoms with van der Waals surface area (Å²) in [7, 11) is 0. The van der Waals surface area contributed by atoms with Crippen LogP contribution in [0.3, 0.4) is 0 Å². The van der Waals surface area contributed by atoms with Crippen molar-refractivity contribution in [3.8, 4) is 0 Å². The molecule has 2 rings (SSSR count). The van der Waals surface area contributed by atoms with Crippen molar-refractivity contribution in [2.45, 2.75) is 32.2 Å². The Morgan fingerprint density at radius 3 is 2.69 bits per heavy atom. The van der Waals surface area contributed by atoms with Gasteiger partial charge in [-0.2, -0.15) is 0 Å². The highest BCUT2D eigenvalue weighted by molar-refractivity contribution is 5.81. The normalized spacial score (nSPS) is 27.6. The Bertz CT molecular complexity index is 195. The fraction of sp³-hybridized carbons (Fsp3) is 0.900. The van der Waals surface area contributed by atoms with Gasteiger partial charge in [0, 0.05) is 25.0 Å². The summed E-state index contributed by atoms with van der Waals surface area (Å²) in [6.45, 7) is 5.02. The van der Waals surface area contributed by atoms with Gasteiger partial charge < -0.3 is 10.2 Å².